The molecule has 0 amide bonds. The van der Waals surface area contributed by atoms with E-state index in [0.29, 0.717) is 18.5 Å². The van der Waals surface area contributed by atoms with Gasteiger partial charge < -0.3 is 20.0 Å². The molecule has 2 heterocycles. The minimum Gasteiger partial charge on any atom is -0.443 e. The van der Waals surface area contributed by atoms with E-state index >= 15 is 0 Å². The summed E-state index contributed by atoms with van der Waals surface area (Å²) in [6.07, 6.45) is 2.90. The number of hydrogen-bond acceptors (Lipinski definition) is 4. The SMILES string of the molecule is CCNC(=NCc1ncc(C(C)(C)C)o1)NC1CCN(c2ccccc2)C1. The lowest BCUT2D eigenvalue weighted by molar-refractivity contribution is 0.383. The van der Waals surface area contributed by atoms with Crippen molar-refractivity contribution in [3.05, 3.63) is 48.2 Å². The summed E-state index contributed by atoms with van der Waals surface area (Å²) in [5.41, 5.74) is 1.24. The molecule has 2 aromatic rings. The van der Waals surface area contributed by atoms with Crippen LogP contribution in [-0.4, -0.2) is 36.6 Å². The van der Waals surface area contributed by atoms with Gasteiger partial charge in [0, 0.05) is 36.8 Å². The van der Waals surface area contributed by atoms with Gasteiger partial charge in [-0.05, 0) is 25.5 Å². The van der Waals surface area contributed by atoms with Crippen LogP contribution in [0.5, 0.6) is 0 Å². The normalized spacial score (nSPS) is 18.0. The Bertz CT molecular complexity index is 747. The number of aromatic nitrogens is 1. The fourth-order valence-electron chi connectivity index (χ4n) is 3.14. The minimum atomic E-state index is -0.0392. The lowest BCUT2D eigenvalue weighted by Crippen LogP contribution is -2.44. The molecule has 1 aliphatic heterocycles. The molecule has 1 saturated heterocycles. The van der Waals surface area contributed by atoms with E-state index < -0.39 is 0 Å². The highest BCUT2D eigenvalue weighted by Gasteiger charge is 2.23. The first-order chi connectivity index (χ1) is 13.0. The zero-order valence-electron chi connectivity index (χ0n) is 16.8. The van der Waals surface area contributed by atoms with Crippen LogP contribution >= 0.6 is 0 Å². The summed E-state index contributed by atoms with van der Waals surface area (Å²) in [7, 11) is 0. The number of nitrogens with zero attached hydrogens (tertiary/aromatic N) is 3. The predicted octanol–water partition coefficient (Wildman–Crippen LogP) is 3.31. The topological polar surface area (TPSA) is 65.7 Å². The molecular formula is C21H31N5O. The highest BCUT2D eigenvalue weighted by Crippen LogP contribution is 2.23. The first-order valence-corrected chi connectivity index (χ1v) is 9.75. The second kappa shape index (κ2) is 8.46. The minimum absolute atomic E-state index is 0.0392. The molecule has 1 aromatic carbocycles. The maximum Gasteiger partial charge on any atom is 0.216 e. The molecule has 0 bridgehead atoms. The fraction of sp³-hybridized carbons (Fsp3) is 0.524. The molecule has 0 radical (unpaired) electrons. The van der Waals surface area contributed by atoms with Crippen molar-refractivity contribution in [2.24, 2.45) is 4.99 Å². The lowest BCUT2D eigenvalue weighted by Gasteiger charge is -2.20. The molecule has 3 rings (SSSR count). The number of guanidine groups is 1. The van der Waals surface area contributed by atoms with E-state index in [1.807, 2.05) is 0 Å². The van der Waals surface area contributed by atoms with Gasteiger partial charge >= 0.3 is 0 Å². The van der Waals surface area contributed by atoms with Crippen LogP contribution in [0, 0.1) is 0 Å². The average Bonchev–Trinajstić information content (AvgIpc) is 3.30. The summed E-state index contributed by atoms with van der Waals surface area (Å²) in [5.74, 6) is 2.35. The van der Waals surface area contributed by atoms with Crippen LogP contribution in [0.2, 0.25) is 0 Å². The van der Waals surface area contributed by atoms with Crippen LogP contribution in [0.25, 0.3) is 0 Å². The number of nitrogens with one attached hydrogen (secondary N) is 2. The van der Waals surface area contributed by atoms with Gasteiger partial charge in [-0.25, -0.2) is 9.98 Å². The van der Waals surface area contributed by atoms with Crippen LogP contribution < -0.4 is 15.5 Å². The molecule has 1 fully saturated rings. The summed E-state index contributed by atoms with van der Waals surface area (Å²) in [6, 6.07) is 10.9. The molecule has 2 N–H and O–H groups in total. The third-order valence-electron chi connectivity index (χ3n) is 4.66. The number of hydrogen-bond donors (Lipinski definition) is 2. The molecule has 1 unspecified atom stereocenters. The van der Waals surface area contributed by atoms with E-state index in [4.69, 9.17) is 4.42 Å². The van der Waals surface area contributed by atoms with Crippen molar-refractivity contribution in [2.45, 2.75) is 52.1 Å². The van der Waals surface area contributed by atoms with Crippen molar-refractivity contribution in [3.8, 4) is 0 Å². The second-order valence-electron chi connectivity index (χ2n) is 7.97. The molecular weight excluding hydrogens is 338 g/mol. The third kappa shape index (κ3) is 5.25. The summed E-state index contributed by atoms with van der Waals surface area (Å²) in [6.45, 7) is 11.7. The first-order valence-electron chi connectivity index (χ1n) is 9.75. The molecule has 0 saturated carbocycles. The molecule has 0 spiro atoms. The maximum absolute atomic E-state index is 5.84. The highest BCUT2D eigenvalue weighted by molar-refractivity contribution is 5.80. The van der Waals surface area contributed by atoms with Crippen LogP contribution in [0.15, 0.2) is 45.9 Å². The maximum atomic E-state index is 5.84. The Balaban J connectivity index is 1.59. The van der Waals surface area contributed by atoms with Crippen molar-refractivity contribution >= 4 is 11.6 Å². The number of anilines is 1. The molecule has 1 aromatic heterocycles. The number of oxazole rings is 1. The van der Waals surface area contributed by atoms with Crippen molar-refractivity contribution in [1.29, 1.82) is 0 Å². The average molecular weight is 370 g/mol. The van der Waals surface area contributed by atoms with Gasteiger partial charge in [-0.1, -0.05) is 39.0 Å². The fourth-order valence-corrected chi connectivity index (χ4v) is 3.14. The summed E-state index contributed by atoms with van der Waals surface area (Å²) in [4.78, 5) is 11.4. The van der Waals surface area contributed by atoms with E-state index in [1.165, 1.54) is 5.69 Å². The monoisotopic (exact) mass is 369 g/mol. The van der Waals surface area contributed by atoms with Gasteiger partial charge in [0.1, 0.15) is 12.3 Å². The van der Waals surface area contributed by atoms with Gasteiger partial charge in [0.15, 0.2) is 5.96 Å². The molecule has 0 aliphatic carbocycles. The van der Waals surface area contributed by atoms with E-state index in [9.17, 15) is 0 Å². The Morgan fingerprint density at radius 1 is 1.30 bits per heavy atom. The predicted molar refractivity (Wildman–Crippen MR) is 110 cm³/mol. The molecule has 6 nitrogen and oxygen atoms in total. The third-order valence-corrected chi connectivity index (χ3v) is 4.66. The van der Waals surface area contributed by atoms with Crippen molar-refractivity contribution in [1.82, 2.24) is 15.6 Å². The van der Waals surface area contributed by atoms with Crippen LogP contribution in [0.1, 0.15) is 45.8 Å². The standard InChI is InChI=1S/C21H31N5O/c1-5-22-20(24-14-19-23-13-18(27-19)21(2,3)4)25-16-11-12-26(15-16)17-9-7-6-8-10-17/h6-10,13,16H,5,11-12,14-15H2,1-4H3,(H2,22,24,25). The molecule has 1 atom stereocenters. The Kier molecular flexibility index (Phi) is 6.04. The number of aliphatic imine (C=N–C) groups is 1. The summed E-state index contributed by atoms with van der Waals surface area (Å²) >= 11 is 0. The zero-order chi connectivity index (χ0) is 19.3. The van der Waals surface area contributed by atoms with Crippen molar-refractivity contribution < 1.29 is 4.42 Å². The number of benzene rings is 1. The van der Waals surface area contributed by atoms with E-state index in [0.717, 1.165) is 37.8 Å². The molecule has 1 aliphatic rings. The quantitative estimate of drug-likeness (QED) is 0.625. The van der Waals surface area contributed by atoms with Gasteiger partial charge in [0.2, 0.25) is 5.89 Å². The lowest BCUT2D eigenvalue weighted by atomic mass is 9.94. The van der Waals surface area contributed by atoms with Gasteiger partial charge in [0.25, 0.3) is 0 Å². The first kappa shape index (κ1) is 19.3. The number of para-hydroxylation sites is 1. The smallest absolute Gasteiger partial charge is 0.216 e. The molecule has 6 heteroatoms. The highest BCUT2D eigenvalue weighted by atomic mass is 16.4. The van der Waals surface area contributed by atoms with Crippen LogP contribution in [0.4, 0.5) is 5.69 Å². The van der Waals surface area contributed by atoms with Crippen LogP contribution in [-0.2, 0) is 12.0 Å². The van der Waals surface area contributed by atoms with E-state index in [1.54, 1.807) is 6.20 Å². The Morgan fingerprint density at radius 3 is 2.74 bits per heavy atom. The molecule has 27 heavy (non-hydrogen) atoms. The van der Waals surface area contributed by atoms with Crippen LogP contribution in [0.3, 0.4) is 0 Å². The van der Waals surface area contributed by atoms with E-state index in [-0.39, 0.29) is 5.41 Å². The Morgan fingerprint density at radius 2 is 2.07 bits per heavy atom. The van der Waals surface area contributed by atoms with Gasteiger partial charge in [0.05, 0.1) is 6.20 Å². The number of rotatable bonds is 5. The van der Waals surface area contributed by atoms with Crippen molar-refractivity contribution in [3.63, 3.8) is 0 Å². The van der Waals surface area contributed by atoms with Gasteiger partial charge in [-0.3, -0.25) is 0 Å². The van der Waals surface area contributed by atoms with Crippen molar-refractivity contribution in [2.75, 3.05) is 24.5 Å². The van der Waals surface area contributed by atoms with Gasteiger partial charge in [-0.2, -0.15) is 0 Å². The molecule has 146 valence electrons. The summed E-state index contributed by atoms with van der Waals surface area (Å²) < 4.78 is 5.84. The summed E-state index contributed by atoms with van der Waals surface area (Å²) in [5, 5.41) is 6.87. The largest absolute Gasteiger partial charge is 0.443 e. The Hall–Kier alpha value is -2.50. The zero-order valence-corrected chi connectivity index (χ0v) is 16.8. The second-order valence-corrected chi connectivity index (χ2v) is 7.97. The van der Waals surface area contributed by atoms with Gasteiger partial charge in [-0.15, -0.1) is 0 Å². The van der Waals surface area contributed by atoms with E-state index in [2.05, 4.69) is 83.5 Å². The Labute approximate surface area is 162 Å².